The predicted molar refractivity (Wildman–Crippen MR) is 57.0 cm³/mol. The zero-order valence-electron chi connectivity index (χ0n) is 9.15. The number of ketones is 1. The molecule has 0 saturated carbocycles. The van der Waals surface area contributed by atoms with Gasteiger partial charge in [-0.1, -0.05) is 6.42 Å². The fraction of sp³-hybridized carbons (Fsp3) is 0.600. The molecule has 13 heavy (non-hydrogen) atoms. The number of Topliss-reactive ketones (excluding diaryl/α,β-unsaturated/α-hetero) is 1. The Morgan fingerprint density at radius 1 is 1.46 bits per heavy atom. The van der Waals surface area contributed by atoms with Crippen LogP contribution in [0.1, 0.15) is 26.2 Å². The van der Waals surface area contributed by atoms with E-state index >= 15 is 0 Å². The van der Waals surface area contributed by atoms with E-state index in [4.69, 9.17) is 0 Å². The van der Waals surface area contributed by atoms with Crippen molar-refractivity contribution in [2.45, 2.75) is 32.2 Å². The number of rotatable bonds is 5. The Labute approximate surface area is 93.8 Å². The van der Waals surface area contributed by atoms with Crippen molar-refractivity contribution in [3.05, 3.63) is 21.8 Å². The van der Waals surface area contributed by atoms with Crippen molar-refractivity contribution in [2.75, 3.05) is 7.05 Å². The van der Waals surface area contributed by atoms with Crippen molar-refractivity contribution in [3.8, 4) is 0 Å². The van der Waals surface area contributed by atoms with Crippen molar-refractivity contribution in [3.63, 3.8) is 0 Å². The summed E-state index contributed by atoms with van der Waals surface area (Å²) in [5, 5.41) is 2.96. The summed E-state index contributed by atoms with van der Waals surface area (Å²) < 4.78 is 0. The molecule has 0 amide bonds. The van der Waals surface area contributed by atoms with Gasteiger partial charge in [0.15, 0.2) is 0 Å². The van der Waals surface area contributed by atoms with Gasteiger partial charge in [-0.05, 0) is 20.4 Å². The summed E-state index contributed by atoms with van der Waals surface area (Å²) in [6, 6.07) is 0.0433. The Kier molecular flexibility index (Phi) is 26.1. The summed E-state index contributed by atoms with van der Waals surface area (Å²) in [7, 11) is 1.81. The number of nitrogens with one attached hydrogen (secondary N) is 1. The van der Waals surface area contributed by atoms with E-state index in [0.717, 1.165) is 19.3 Å². The topological polar surface area (TPSA) is 29.1 Å². The van der Waals surface area contributed by atoms with Gasteiger partial charge in [-0.15, -0.1) is 0 Å². The molecule has 0 rings (SSSR count). The maximum absolute atomic E-state index is 10.8. The molecule has 0 radical (unpaired) electrons. The molecule has 0 aromatic heterocycles. The third-order valence-corrected chi connectivity index (χ3v) is 1.58. The number of hydrogen-bond acceptors (Lipinski definition) is 2. The molecular formula is C10H23NNiO-3. The maximum atomic E-state index is 10.8. The Hall–Kier alpha value is 0.124. The Morgan fingerprint density at radius 3 is 2.15 bits per heavy atom. The third-order valence-electron chi connectivity index (χ3n) is 1.58. The summed E-state index contributed by atoms with van der Waals surface area (Å²) in [5.74, 6) is 0.218. The van der Waals surface area contributed by atoms with E-state index in [1.807, 2.05) is 7.05 Å². The van der Waals surface area contributed by atoms with Crippen LogP contribution in [0.5, 0.6) is 0 Å². The van der Waals surface area contributed by atoms with Crippen LogP contribution in [0.2, 0.25) is 0 Å². The Morgan fingerprint density at radius 2 is 1.92 bits per heavy atom. The monoisotopic (exact) mass is 231 g/mol. The molecule has 1 unspecified atom stereocenters. The summed E-state index contributed by atoms with van der Waals surface area (Å²) in [6.45, 7) is 5.33. The van der Waals surface area contributed by atoms with Gasteiger partial charge in [-0.2, -0.15) is 6.42 Å². The van der Waals surface area contributed by atoms with Crippen LogP contribution in [0.4, 0.5) is 0 Å². The quantitative estimate of drug-likeness (QED) is 0.578. The molecule has 0 fully saturated rings. The standard InChI is InChI=1S/C8H16NO.2CH3.Ni.H/c1-4-5-6-8(9-3)7(2)10;;;;/h8-9H,1,4-6H2,2-3H3;2*1H3;;/q3*-1;;. The summed E-state index contributed by atoms with van der Waals surface area (Å²) in [4.78, 5) is 10.8. The van der Waals surface area contributed by atoms with Gasteiger partial charge in [0.25, 0.3) is 0 Å². The molecule has 0 aliphatic carbocycles. The molecule has 0 aliphatic heterocycles. The SMILES string of the molecule is [CH2-]CCCC(NC)C(C)=O.[CH3-].[CH3-].[NiH]. The molecule has 1 atom stereocenters. The van der Waals surface area contributed by atoms with Crippen molar-refractivity contribution in [2.24, 2.45) is 0 Å². The van der Waals surface area contributed by atoms with Gasteiger partial charge in [0.05, 0.1) is 6.04 Å². The van der Waals surface area contributed by atoms with E-state index in [1.165, 1.54) is 0 Å². The zero-order chi connectivity index (χ0) is 7.98. The van der Waals surface area contributed by atoms with Crippen molar-refractivity contribution >= 4 is 5.78 Å². The molecule has 0 aromatic rings. The van der Waals surface area contributed by atoms with E-state index in [2.05, 4.69) is 12.2 Å². The van der Waals surface area contributed by atoms with Crippen LogP contribution in [0.25, 0.3) is 0 Å². The van der Waals surface area contributed by atoms with Gasteiger partial charge >= 0.3 is 16.5 Å². The minimum absolute atomic E-state index is 0. The van der Waals surface area contributed by atoms with Crippen molar-refractivity contribution in [1.29, 1.82) is 0 Å². The van der Waals surface area contributed by atoms with Crippen LogP contribution in [0.3, 0.4) is 0 Å². The van der Waals surface area contributed by atoms with Gasteiger partial charge < -0.3 is 27.1 Å². The van der Waals surface area contributed by atoms with Gasteiger partial charge in [-0.3, -0.25) is 4.79 Å². The molecule has 87 valence electrons. The van der Waals surface area contributed by atoms with Gasteiger partial charge in [0.2, 0.25) is 0 Å². The van der Waals surface area contributed by atoms with Crippen LogP contribution in [-0.2, 0) is 21.3 Å². The van der Waals surface area contributed by atoms with Crippen LogP contribution >= 0.6 is 0 Å². The average molecular weight is 232 g/mol. The molecule has 2 nitrogen and oxygen atoms in total. The van der Waals surface area contributed by atoms with Crippen LogP contribution < -0.4 is 5.32 Å². The molecule has 0 aliphatic rings. The van der Waals surface area contributed by atoms with Crippen molar-refractivity contribution < 1.29 is 21.3 Å². The van der Waals surface area contributed by atoms with Gasteiger partial charge in [0.1, 0.15) is 5.78 Å². The molecular weight excluding hydrogens is 209 g/mol. The van der Waals surface area contributed by atoms with Crippen LogP contribution in [0.15, 0.2) is 0 Å². The first-order valence-corrected chi connectivity index (χ1v) is 3.69. The van der Waals surface area contributed by atoms with Gasteiger partial charge in [-0.25, -0.2) is 0 Å². The molecule has 0 spiro atoms. The van der Waals surface area contributed by atoms with E-state index in [0.29, 0.717) is 0 Å². The second-order valence-corrected chi connectivity index (χ2v) is 2.45. The predicted octanol–water partition coefficient (Wildman–Crippen LogP) is 1.80. The second kappa shape index (κ2) is 14.6. The van der Waals surface area contributed by atoms with Crippen molar-refractivity contribution in [1.82, 2.24) is 5.32 Å². The number of unbranched alkanes of at least 4 members (excludes halogenated alkanes) is 1. The number of carbonyl (C=O) groups excluding carboxylic acids is 1. The van der Waals surface area contributed by atoms with E-state index in [9.17, 15) is 4.79 Å². The van der Waals surface area contributed by atoms with E-state index in [-0.39, 0.29) is 43.2 Å². The molecule has 3 heteroatoms. The Bertz CT molecular complexity index is 107. The normalized spacial score (nSPS) is 10.1. The molecule has 0 saturated heterocycles. The molecule has 0 bridgehead atoms. The summed E-state index contributed by atoms with van der Waals surface area (Å²) >= 11 is 0. The summed E-state index contributed by atoms with van der Waals surface area (Å²) in [5.41, 5.74) is 0. The Balaban J connectivity index is -0.000000135. The zero-order valence-corrected chi connectivity index (χ0v) is 10.2. The number of hydrogen-bond donors (Lipinski definition) is 1. The molecule has 1 N–H and O–H groups in total. The van der Waals surface area contributed by atoms with E-state index in [1.54, 1.807) is 6.92 Å². The van der Waals surface area contributed by atoms with Crippen LogP contribution in [0, 0.1) is 21.8 Å². The third kappa shape index (κ3) is 12.1. The number of likely N-dealkylation sites (N-methyl/N-ethyl adjacent to an activating group) is 1. The van der Waals surface area contributed by atoms with E-state index < -0.39 is 0 Å². The fourth-order valence-electron chi connectivity index (χ4n) is 0.899. The first-order chi connectivity index (χ1) is 4.72. The van der Waals surface area contributed by atoms with Gasteiger partial charge in [0, 0.05) is 0 Å². The molecule has 0 aromatic carbocycles. The number of carbonyl (C=O) groups is 1. The molecule has 0 heterocycles. The fourth-order valence-corrected chi connectivity index (χ4v) is 0.899. The second-order valence-electron chi connectivity index (χ2n) is 2.45. The first-order valence-electron chi connectivity index (χ1n) is 3.69. The average Bonchev–Trinajstić information content (AvgIpc) is 1.89. The van der Waals surface area contributed by atoms with Crippen LogP contribution in [-0.4, -0.2) is 18.9 Å². The summed E-state index contributed by atoms with van der Waals surface area (Å²) in [6.07, 6.45) is 2.84. The minimum atomic E-state index is 0. The first kappa shape index (κ1) is 23.2.